The molecule has 1 aliphatic heterocycles. The number of nitrogens with one attached hydrogen (secondary N) is 1. The van der Waals surface area contributed by atoms with Crippen LogP contribution in [0.2, 0.25) is 5.02 Å². The molecule has 3 rings (SSSR count). The van der Waals surface area contributed by atoms with Gasteiger partial charge in [-0.3, -0.25) is 0 Å². The van der Waals surface area contributed by atoms with Gasteiger partial charge in [0.1, 0.15) is 0 Å². The van der Waals surface area contributed by atoms with Crippen molar-refractivity contribution in [2.24, 2.45) is 0 Å². The number of halogens is 1. The van der Waals surface area contributed by atoms with Crippen LogP contribution >= 0.6 is 11.6 Å². The van der Waals surface area contributed by atoms with Crippen LogP contribution in [0.1, 0.15) is 11.6 Å². The van der Waals surface area contributed by atoms with Gasteiger partial charge in [-0.05, 0) is 37.9 Å². The van der Waals surface area contributed by atoms with Crippen LogP contribution in [0, 0.1) is 0 Å². The molecule has 0 unspecified atom stereocenters. The van der Waals surface area contributed by atoms with Crippen molar-refractivity contribution in [3.8, 4) is 11.5 Å². The Balaban J connectivity index is 1.79. The van der Waals surface area contributed by atoms with Gasteiger partial charge in [-0.1, -0.05) is 29.8 Å². The highest BCUT2D eigenvalue weighted by Crippen LogP contribution is 2.34. The summed E-state index contributed by atoms with van der Waals surface area (Å²) in [5.41, 5.74) is 0.863. The zero-order chi connectivity index (χ0) is 18.0. The first-order chi connectivity index (χ1) is 11.9. The van der Waals surface area contributed by atoms with E-state index in [9.17, 15) is 8.42 Å². The second-order valence-electron chi connectivity index (χ2n) is 5.87. The first-order valence-electron chi connectivity index (χ1n) is 7.68. The molecule has 2 aromatic carbocycles. The molecule has 2 aromatic rings. The SMILES string of the molecule is CN(C)[C@H](CNS(=O)(=O)c1ccc2c(c1)OCO2)c1ccccc1Cl. The van der Waals surface area contributed by atoms with Gasteiger partial charge in [0, 0.05) is 23.7 Å². The maximum absolute atomic E-state index is 12.6. The lowest BCUT2D eigenvalue weighted by Crippen LogP contribution is -2.34. The van der Waals surface area contributed by atoms with Gasteiger partial charge in [0.15, 0.2) is 11.5 Å². The van der Waals surface area contributed by atoms with Gasteiger partial charge >= 0.3 is 0 Å². The quantitative estimate of drug-likeness (QED) is 0.831. The van der Waals surface area contributed by atoms with Gasteiger partial charge < -0.3 is 14.4 Å². The van der Waals surface area contributed by atoms with E-state index >= 15 is 0 Å². The Morgan fingerprint density at radius 1 is 1.16 bits per heavy atom. The monoisotopic (exact) mass is 382 g/mol. The maximum atomic E-state index is 12.6. The van der Waals surface area contributed by atoms with E-state index < -0.39 is 10.0 Å². The number of likely N-dealkylation sites (N-methyl/N-ethyl adjacent to an activating group) is 1. The molecule has 25 heavy (non-hydrogen) atoms. The molecule has 0 amide bonds. The van der Waals surface area contributed by atoms with Crippen LogP contribution in [0.5, 0.6) is 11.5 Å². The predicted octanol–water partition coefficient (Wildman–Crippen LogP) is 2.65. The van der Waals surface area contributed by atoms with Crippen LogP contribution in [-0.4, -0.2) is 40.8 Å². The fraction of sp³-hybridized carbons (Fsp3) is 0.294. The second kappa shape index (κ2) is 7.21. The van der Waals surface area contributed by atoms with Gasteiger partial charge in [0.05, 0.1) is 4.90 Å². The third-order valence-electron chi connectivity index (χ3n) is 4.01. The molecule has 0 saturated heterocycles. The summed E-state index contributed by atoms with van der Waals surface area (Å²) < 4.78 is 38.3. The summed E-state index contributed by atoms with van der Waals surface area (Å²) >= 11 is 6.26. The molecule has 1 heterocycles. The van der Waals surface area contributed by atoms with E-state index in [1.165, 1.54) is 12.1 Å². The predicted molar refractivity (Wildman–Crippen MR) is 95.6 cm³/mol. The number of hydrogen-bond donors (Lipinski definition) is 1. The smallest absolute Gasteiger partial charge is 0.240 e. The summed E-state index contributed by atoms with van der Waals surface area (Å²) in [4.78, 5) is 2.05. The molecule has 1 N–H and O–H groups in total. The minimum Gasteiger partial charge on any atom is -0.454 e. The first-order valence-corrected chi connectivity index (χ1v) is 9.55. The summed E-state index contributed by atoms with van der Waals surface area (Å²) in [6.07, 6.45) is 0. The van der Waals surface area contributed by atoms with Crippen LogP contribution < -0.4 is 14.2 Å². The number of fused-ring (bicyclic) bond motifs is 1. The van der Waals surface area contributed by atoms with E-state index in [2.05, 4.69) is 4.72 Å². The highest BCUT2D eigenvalue weighted by Gasteiger charge is 2.23. The molecule has 0 bridgehead atoms. The van der Waals surface area contributed by atoms with Crippen molar-refractivity contribution in [2.45, 2.75) is 10.9 Å². The molecule has 0 spiro atoms. The Morgan fingerprint density at radius 3 is 2.60 bits per heavy atom. The molecule has 1 aliphatic rings. The molecule has 0 saturated carbocycles. The third-order valence-corrected chi connectivity index (χ3v) is 5.77. The van der Waals surface area contributed by atoms with Crippen molar-refractivity contribution in [1.29, 1.82) is 0 Å². The first kappa shape index (κ1) is 18.0. The Morgan fingerprint density at radius 2 is 1.88 bits per heavy atom. The number of benzene rings is 2. The van der Waals surface area contributed by atoms with Gasteiger partial charge in [-0.15, -0.1) is 0 Å². The van der Waals surface area contributed by atoms with E-state index in [4.69, 9.17) is 21.1 Å². The Hall–Kier alpha value is -1.80. The second-order valence-corrected chi connectivity index (χ2v) is 8.04. The molecule has 8 heteroatoms. The number of nitrogens with zero attached hydrogens (tertiary/aromatic N) is 1. The van der Waals surface area contributed by atoms with Gasteiger partial charge in [0.25, 0.3) is 0 Å². The zero-order valence-electron chi connectivity index (χ0n) is 13.9. The van der Waals surface area contributed by atoms with Crippen molar-refractivity contribution in [3.63, 3.8) is 0 Å². The minimum absolute atomic E-state index is 0.0987. The summed E-state index contributed by atoms with van der Waals surface area (Å²) in [5.74, 6) is 0.972. The van der Waals surface area contributed by atoms with E-state index in [1.807, 2.05) is 37.2 Å². The van der Waals surface area contributed by atoms with Crippen molar-refractivity contribution in [1.82, 2.24) is 9.62 Å². The Bertz CT molecular complexity index is 871. The number of rotatable bonds is 6. The van der Waals surface area contributed by atoms with Crippen LogP contribution in [0.25, 0.3) is 0 Å². The molecule has 0 aromatic heterocycles. The Labute approximate surface area is 152 Å². The number of hydrogen-bond acceptors (Lipinski definition) is 5. The van der Waals surface area contributed by atoms with E-state index in [0.29, 0.717) is 16.5 Å². The number of ether oxygens (including phenoxy) is 2. The summed E-state index contributed by atoms with van der Waals surface area (Å²) in [5, 5.41) is 0.600. The average Bonchev–Trinajstić information content (AvgIpc) is 3.04. The maximum Gasteiger partial charge on any atom is 0.240 e. The molecular weight excluding hydrogens is 364 g/mol. The van der Waals surface area contributed by atoms with Gasteiger partial charge in [-0.25, -0.2) is 13.1 Å². The lowest BCUT2D eigenvalue weighted by atomic mass is 10.1. The molecule has 0 radical (unpaired) electrons. The standard InChI is InChI=1S/C17H19ClN2O4S/c1-20(2)15(13-5-3-4-6-14(13)18)10-19-25(21,22)12-7-8-16-17(9-12)24-11-23-16/h3-9,15,19H,10-11H2,1-2H3/t15-/m1/s1. The topological polar surface area (TPSA) is 67.9 Å². The van der Waals surface area contributed by atoms with E-state index in [1.54, 1.807) is 12.1 Å². The lowest BCUT2D eigenvalue weighted by Gasteiger charge is -2.26. The van der Waals surface area contributed by atoms with Crippen molar-refractivity contribution >= 4 is 21.6 Å². The van der Waals surface area contributed by atoms with Crippen LogP contribution in [-0.2, 0) is 10.0 Å². The van der Waals surface area contributed by atoms with Crippen LogP contribution in [0.3, 0.4) is 0 Å². The molecule has 134 valence electrons. The lowest BCUT2D eigenvalue weighted by molar-refractivity contribution is 0.174. The van der Waals surface area contributed by atoms with Crippen molar-refractivity contribution in [2.75, 3.05) is 27.4 Å². The summed E-state index contributed by atoms with van der Waals surface area (Å²) in [7, 11) is 0.0691. The van der Waals surface area contributed by atoms with Crippen LogP contribution in [0.4, 0.5) is 0 Å². The van der Waals surface area contributed by atoms with Gasteiger partial charge in [-0.2, -0.15) is 0 Å². The normalized spacial score (nSPS) is 14.7. The van der Waals surface area contributed by atoms with E-state index in [-0.39, 0.29) is 24.3 Å². The van der Waals surface area contributed by atoms with Crippen molar-refractivity contribution < 1.29 is 17.9 Å². The third kappa shape index (κ3) is 3.90. The largest absolute Gasteiger partial charge is 0.454 e. The Kier molecular flexibility index (Phi) is 5.19. The molecular formula is C17H19ClN2O4S. The average molecular weight is 383 g/mol. The highest BCUT2D eigenvalue weighted by molar-refractivity contribution is 7.89. The highest BCUT2D eigenvalue weighted by atomic mass is 35.5. The summed E-state index contributed by atoms with van der Waals surface area (Å²) in [6, 6.07) is 11.8. The summed E-state index contributed by atoms with van der Waals surface area (Å²) in [6.45, 7) is 0.287. The zero-order valence-corrected chi connectivity index (χ0v) is 15.5. The molecule has 0 fully saturated rings. The molecule has 1 atom stereocenters. The molecule has 6 nitrogen and oxygen atoms in total. The molecule has 0 aliphatic carbocycles. The van der Waals surface area contributed by atoms with Crippen molar-refractivity contribution in [3.05, 3.63) is 53.1 Å². The van der Waals surface area contributed by atoms with Gasteiger partial charge in [0.2, 0.25) is 16.8 Å². The van der Waals surface area contributed by atoms with E-state index in [0.717, 1.165) is 5.56 Å². The number of sulfonamides is 1. The fourth-order valence-corrected chi connectivity index (χ4v) is 3.95. The van der Waals surface area contributed by atoms with Crippen LogP contribution in [0.15, 0.2) is 47.4 Å². The fourth-order valence-electron chi connectivity index (χ4n) is 2.63. The minimum atomic E-state index is -3.69.